The van der Waals surface area contributed by atoms with Crippen molar-refractivity contribution in [3.8, 4) is 0 Å². The summed E-state index contributed by atoms with van der Waals surface area (Å²) in [6, 6.07) is 13.3. The topological polar surface area (TPSA) is 87.7 Å². The number of amides is 3. The second kappa shape index (κ2) is 11.9. The zero-order valence-corrected chi connectivity index (χ0v) is 22.1. The van der Waals surface area contributed by atoms with Crippen molar-refractivity contribution in [3.63, 3.8) is 0 Å². The molecule has 0 fully saturated rings. The van der Waals surface area contributed by atoms with Gasteiger partial charge in [-0.05, 0) is 69.7 Å². The van der Waals surface area contributed by atoms with E-state index in [1.54, 1.807) is 27.8 Å². The monoisotopic (exact) mass is 481 g/mol. The molecule has 2 atom stereocenters. The number of carbonyl (C=O) groups is 3. The zero-order valence-electron chi connectivity index (χ0n) is 22.1. The van der Waals surface area contributed by atoms with Crippen LogP contribution in [0.15, 0.2) is 48.5 Å². The average molecular weight is 482 g/mol. The molecule has 2 rings (SSSR count). The van der Waals surface area contributed by atoms with E-state index in [1.807, 2.05) is 76.2 Å². The number of carbonyl (C=O) groups excluding carboxylic acids is 3. The van der Waals surface area contributed by atoms with Crippen LogP contribution in [0.5, 0.6) is 0 Å². The minimum Gasteiger partial charge on any atom is -0.444 e. The molecule has 2 N–H and O–H groups in total. The van der Waals surface area contributed by atoms with Gasteiger partial charge in [0, 0.05) is 12.7 Å². The quantitative estimate of drug-likeness (QED) is 0.530. The fourth-order valence-corrected chi connectivity index (χ4v) is 3.85. The molecule has 0 bridgehead atoms. The minimum atomic E-state index is -0.890. The molecule has 2 aromatic rings. The highest BCUT2D eigenvalue weighted by molar-refractivity contribution is 5.99. The Morgan fingerprint density at radius 1 is 0.943 bits per heavy atom. The Hall–Kier alpha value is -3.35. The number of anilines is 1. The lowest BCUT2D eigenvalue weighted by Gasteiger charge is -2.33. The van der Waals surface area contributed by atoms with Crippen LogP contribution >= 0.6 is 0 Å². The fourth-order valence-electron chi connectivity index (χ4n) is 3.85. The Bertz CT molecular complexity index is 1040. The van der Waals surface area contributed by atoms with E-state index >= 15 is 0 Å². The van der Waals surface area contributed by atoms with Gasteiger partial charge in [0.1, 0.15) is 17.7 Å². The summed E-state index contributed by atoms with van der Waals surface area (Å²) in [5.74, 6) is -0.562. The smallest absolute Gasteiger partial charge is 0.408 e. The number of aryl methyl sites for hydroxylation is 2. The molecule has 0 heterocycles. The number of benzene rings is 2. The lowest BCUT2D eigenvalue weighted by atomic mass is 9.97. The largest absolute Gasteiger partial charge is 0.444 e. The zero-order chi connectivity index (χ0) is 26.3. The number of para-hydroxylation sites is 1. The molecule has 0 aromatic heterocycles. The van der Waals surface area contributed by atoms with Crippen molar-refractivity contribution in [1.29, 1.82) is 0 Å². The predicted molar refractivity (Wildman–Crippen MR) is 139 cm³/mol. The molecule has 35 heavy (non-hydrogen) atoms. The highest BCUT2D eigenvalue weighted by atomic mass is 16.6. The molecule has 0 aliphatic heterocycles. The van der Waals surface area contributed by atoms with Crippen LogP contribution in [0.1, 0.15) is 63.8 Å². The molecule has 2 aromatic carbocycles. The summed E-state index contributed by atoms with van der Waals surface area (Å²) in [7, 11) is 1.60. The molecule has 0 saturated carbocycles. The van der Waals surface area contributed by atoms with Crippen LogP contribution in [-0.2, 0) is 14.3 Å². The summed E-state index contributed by atoms with van der Waals surface area (Å²) in [6.45, 7) is 13.1. The first-order chi connectivity index (χ1) is 16.3. The number of hydrogen-bond acceptors (Lipinski definition) is 4. The molecule has 7 nitrogen and oxygen atoms in total. The fraction of sp³-hybridized carbons (Fsp3) is 0.464. The third kappa shape index (κ3) is 8.12. The minimum absolute atomic E-state index is 0.130. The predicted octanol–water partition coefficient (Wildman–Crippen LogP) is 5.38. The highest BCUT2D eigenvalue weighted by Crippen LogP contribution is 2.27. The Morgan fingerprint density at radius 3 is 2.06 bits per heavy atom. The van der Waals surface area contributed by atoms with Crippen LogP contribution in [0.25, 0.3) is 0 Å². The van der Waals surface area contributed by atoms with Crippen LogP contribution in [0.4, 0.5) is 10.5 Å². The van der Waals surface area contributed by atoms with Gasteiger partial charge in [-0.15, -0.1) is 0 Å². The van der Waals surface area contributed by atoms with E-state index in [0.29, 0.717) is 12.1 Å². The van der Waals surface area contributed by atoms with Crippen LogP contribution in [0.2, 0.25) is 0 Å². The van der Waals surface area contributed by atoms with Crippen molar-refractivity contribution >= 4 is 23.6 Å². The average Bonchev–Trinajstić information content (AvgIpc) is 2.74. The number of alkyl carbamates (subject to hydrolysis) is 1. The molecule has 0 saturated heterocycles. The second-order valence-corrected chi connectivity index (χ2v) is 10.3. The number of nitrogens with zero attached hydrogens (tertiary/aromatic N) is 1. The van der Waals surface area contributed by atoms with Gasteiger partial charge < -0.3 is 20.3 Å². The Kier molecular flexibility index (Phi) is 9.46. The second-order valence-electron chi connectivity index (χ2n) is 10.3. The van der Waals surface area contributed by atoms with Gasteiger partial charge in [-0.25, -0.2) is 4.79 Å². The first kappa shape index (κ1) is 27.9. The van der Waals surface area contributed by atoms with Crippen LogP contribution in [-0.4, -0.2) is 41.5 Å². The van der Waals surface area contributed by atoms with Crippen LogP contribution in [0.3, 0.4) is 0 Å². The first-order valence-electron chi connectivity index (χ1n) is 12.0. The molecule has 2 unspecified atom stereocenters. The van der Waals surface area contributed by atoms with Gasteiger partial charge in [0.15, 0.2) is 0 Å². The van der Waals surface area contributed by atoms with Crippen molar-refractivity contribution in [2.24, 2.45) is 5.92 Å². The van der Waals surface area contributed by atoms with E-state index in [4.69, 9.17) is 4.74 Å². The Labute approximate surface area is 209 Å². The standard InChI is InChI=1S/C28H39N3O4/c1-18(2)17-23(30-27(34)35-28(5,6)7)26(33)31(8)24(21-15-11-9-13-19(21)3)25(32)29-22-16-12-10-14-20(22)4/h9-16,18,23-24H,17H2,1-8H3,(H,29,32)(H,30,34). The van der Waals surface area contributed by atoms with Gasteiger partial charge in [0.2, 0.25) is 5.91 Å². The Balaban J connectivity index is 2.40. The number of likely N-dealkylation sites (N-methyl/N-ethyl adjacent to an activating group) is 1. The first-order valence-corrected chi connectivity index (χ1v) is 12.0. The normalized spacial score (nSPS) is 13.1. The van der Waals surface area contributed by atoms with Crippen molar-refractivity contribution < 1.29 is 19.1 Å². The van der Waals surface area contributed by atoms with Crippen molar-refractivity contribution in [2.75, 3.05) is 12.4 Å². The van der Waals surface area contributed by atoms with E-state index in [-0.39, 0.29) is 17.7 Å². The van der Waals surface area contributed by atoms with Crippen molar-refractivity contribution in [1.82, 2.24) is 10.2 Å². The van der Waals surface area contributed by atoms with E-state index in [0.717, 1.165) is 16.7 Å². The molecule has 0 radical (unpaired) electrons. The molecule has 7 heteroatoms. The van der Waals surface area contributed by atoms with E-state index in [9.17, 15) is 14.4 Å². The molecule has 190 valence electrons. The highest BCUT2D eigenvalue weighted by Gasteiger charge is 2.35. The number of ether oxygens (including phenoxy) is 1. The number of rotatable bonds is 8. The molecular weight excluding hydrogens is 442 g/mol. The molecular formula is C28H39N3O4. The van der Waals surface area contributed by atoms with Gasteiger partial charge in [-0.3, -0.25) is 9.59 Å². The maximum Gasteiger partial charge on any atom is 0.408 e. The van der Waals surface area contributed by atoms with E-state index in [2.05, 4.69) is 10.6 Å². The summed E-state index contributed by atoms with van der Waals surface area (Å²) in [5.41, 5.74) is 2.51. The van der Waals surface area contributed by atoms with E-state index < -0.39 is 23.8 Å². The third-order valence-electron chi connectivity index (χ3n) is 5.57. The van der Waals surface area contributed by atoms with Crippen molar-refractivity contribution in [2.45, 2.75) is 72.6 Å². The lowest BCUT2D eigenvalue weighted by molar-refractivity contribution is -0.139. The van der Waals surface area contributed by atoms with Crippen LogP contribution in [0, 0.1) is 19.8 Å². The molecule has 0 aliphatic carbocycles. The Morgan fingerprint density at radius 2 is 1.51 bits per heavy atom. The van der Waals surface area contributed by atoms with Gasteiger partial charge in [-0.2, -0.15) is 0 Å². The van der Waals surface area contributed by atoms with Crippen molar-refractivity contribution in [3.05, 3.63) is 65.2 Å². The van der Waals surface area contributed by atoms with Gasteiger partial charge >= 0.3 is 6.09 Å². The summed E-state index contributed by atoms with van der Waals surface area (Å²) in [4.78, 5) is 41.2. The summed E-state index contributed by atoms with van der Waals surface area (Å²) in [6.07, 6.45) is -0.260. The summed E-state index contributed by atoms with van der Waals surface area (Å²) < 4.78 is 5.38. The number of nitrogens with one attached hydrogen (secondary N) is 2. The number of hydrogen-bond donors (Lipinski definition) is 2. The maximum absolute atomic E-state index is 13.7. The molecule has 3 amide bonds. The molecule has 0 spiro atoms. The van der Waals surface area contributed by atoms with Crippen LogP contribution < -0.4 is 10.6 Å². The SMILES string of the molecule is Cc1ccccc1NC(=O)C(c1ccccc1C)N(C)C(=O)C(CC(C)C)NC(=O)OC(C)(C)C. The summed E-state index contributed by atoms with van der Waals surface area (Å²) in [5, 5.41) is 5.70. The van der Waals surface area contributed by atoms with Gasteiger partial charge in [-0.1, -0.05) is 56.3 Å². The lowest BCUT2D eigenvalue weighted by Crippen LogP contribution is -2.51. The van der Waals surface area contributed by atoms with Gasteiger partial charge in [0.05, 0.1) is 0 Å². The molecule has 0 aliphatic rings. The third-order valence-corrected chi connectivity index (χ3v) is 5.57. The summed E-state index contributed by atoms with van der Waals surface area (Å²) >= 11 is 0. The maximum atomic E-state index is 13.7. The van der Waals surface area contributed by atoms with E-state index in [1.165, 1.54) is 4.90 Å². The van der Waals surface area contributed by atoms with Gasteiger partial charge in [0.25, 0.3) is 5.91 Å².